The second kappa shape index (κ2) is 9.04. The zero-order chi connectivity index (χ0) is 21.7. The molecule has 2 amide bonds. The average Bonchev–Trinajstić information content (AvgIpc) is 3.00. The zero-order valence-electron chi connectivity index (χ0n) is 16.7. The number of carbonyl (C=O) groups excluding carboxylic acids is 3. The van der Waals surface area contributed by atoms with E-state index in [1.807, 2.05) is 30.3 Å². The van der Waals surface area contributed by atoms with Crippen LogP contribution in [0.1, 0.15) is 37.7 Å². The predicted molar refractivity (Wildman–Crippen MR) is 111 cm³/mol. The molecule has 0 aliphatic carbocycles. The molecule has 0 unspecified atom stereocenters. The van der Waals surface area contributed by atoms with E-state index in [2.05, 4.69) is 10.4 Å². The van der Waals surface area contributed by atoms with Crippen LogP contribution in [0.15, 0.2) is 54.6 Å². The summed E-state index contributed by atoms with van der Waals surface area (Å²) in [6.07, 6.45) is 0. The molecular formula is C22H22N4O4. The van der Waals surface area contributed by atoms with Gasteiger partial charge < -0.3 is 15.8 Å². The Hall–Kier alpha value is -3.94. The number of nitrogens with one attached hydrogen (secondary N) is 1. The van der Waals surface area contributed by atoms with Crippen molar-refractivity contribution in [3.05, 3.63) is 82.7 Å². The third-order valence-electron chi connectivity index (χ3n) is 4.55. The first kappa shape index (κ1) is 20.8. The molecule has 0 fully saturated rings. The van der Waals surface area contributed by atoms with Gasteiger partial charge in [-0.1, -0.05) is 30.3 Å². The van der Waals surface area contributed by atoms with E-state index in [9.17, 15) is 14.4 Å². The van der Waals surface area contributed by atoms with Crippen molar-refractivity contribution in [3.8, 4) is 0 Å². The average molecular weight is 406 g/mol. The lowest BCUT2D eigenvalue weighted by Gasteiger charge is -2.08. The number of nitrogens with two attached hydrogens (primary N) is 1. The molecule has 3 aromatic rings. The van der Waals surface area contributed by atoms with Crippen molar-refractivity contribution in [1.82, 2.24) is 9.78 Å². The Morgan fingerprint density at radius 2 is 1.70 bits per heavy atom. The van der Waals surface area contributed by atoms with Gasteiger partial charge in [0.25, 0.3) is 5.91 Å². The first-order chi connectivity index (χ1) is 14.3. The van der Waals surface area contributed by atoms with E-state index in [1.54, 1.807) is 30.7 Å². The van der Waals surface area contributed by atoms with E-state index in [-0.39, 0.29) is 0 Å². The second-order valence-electron chi connectivity index (χ2n) is 6.75. The lowest BCUT2D eigenvalue weighted by atomic mass is 10.2. The normalized spacial score (nSPS) is 10.5. The summed E-state index contributed by atoms with van der Waals surface area (Å²) in [5.41, 5.74) is 8.59. The highest BCUT2D eigenvalue weighted by Gasteiger charge is 2.21. The highest BCUT2D eigenvalue weighted by Crippen LogP contribution is 2.16. The Labute approximate surface area is 173 Å². The largest absolute Gasteiger partial charge is 0.452 e. The van der Waals surface area contributed by atoms with Crippen LogP contribution in [-0.2, 0) is 16.1 Å². The number of esters is 1. The van der Waals surface area contributed by atoms with Gasteiger partial charge in [0, 0.05) is 11.3 Å². The number of anilines is 1. The number of amides is 2. The number of ether oxygens (including phenoxy) is 1. The molecule has 8 nitrogen and oxygen atoms in total. The van der Waals surface area contributed by atoms with Crippen LogP contribution in [-0.4, -0.2) is 34.2 Å². The number of carbonyl (C=O) groups is 3. The molecule has 0 saturated heterocycles. The maximum Gasteiger partial charge on any atom is 0.342 e. The number of aromatic nitrogens is 2. The van der Waals surface area contributed by atoms with Gasteiger partial charge in [-0.2, -0.15) is 5.10 Å². The van der Waals surface area contributed by atoms with E-state index in [4.69, 9.17) is 10.5 Å². The van der Waals surface area contributed by atoms with Crippen molar-refractivity contribution in [1.29, 1.82) is 0 Å². The summed E-state index contributed by atoms with van der Waals surface area (Å²) in [4.78, 5) is 35.7. The van der Waals surface area contributed by atoms with Crippen molar-refractivity contribution in [2.75, 3.05) is 11.9 Å². The minimum atomic E-state index is -0.608. The number of aryl methyl sites for hydroxylation is 1. The van der Waals surface area contributed by atoms with Gasteiger partial charge in [0.15, 0.2) is 6.61 Å². The summed E-state index contributed by atoms with van der Waals surface area (Å²) in [6, 6.07) is 15.9. The number of rotatable bonds is 7. The first-order valence-electron chi connectivity index (χ1n) is 9.30. The summed E-state index contributed by atoms with van der Waals surface area (Å²) in [7, 11) is 0. The molecular weight excluding hydrogens is 384 g/mol. The number of nitrogens with zero attached hydrogens (tertiary/aromatic N) is 2. The van der Waals surface area contributed by atoms with Gasteiger partial charge in [-0.25, -0.2) is 4.79 Å². The Morgan fingerprint density at radius 1 is 1.03 bits per heavy atom. The van der Waals surface area contributed by atoms with Crippen molar-refractivity contribution >= 4 is 23.5 Å². The Bertz CT molecular complexity index is 1070. The molecule has 3 N–H and O–H groups in total. The predicted octanol–water partition coefficient (Wildman–Crippen LogP) is 2.44. The quantitative estimate of drug-likeness (QED) is 0.585. The Balaban J connectivity index is 1.60. The van der Waals surface area contributed by atoms with Crippen molar-refractivity contribution in [3.63, 3.8) is 0 Å². The molecule has 0 aliphatic rings. The van der Waals surface area contributed by atoms with Crippen LogP contribution >= 0.6 is 0 Å². The molecule has 2 aromatic carbocycles. The third-order valence-corrected chi connectivity index (χ3v) is 4.55. The van der Waals surface area contributed by atoms with Crippen LogP contribution < -0.4 is 11.1 Å². The number of hydrogen-bond acceptors (Lipinski definition) is 5. The molecule has 0 saturated carbocycles. The third kappa shape index (κ3) is 4.91. The van der Waals surface area contributed by atoms with Crippen molar-refractivity contribution in [2.24, 2.45) is 5.73 Å². The van der Waals surface area contributed by atoms with Gasteiger partial charge in [-0.15, -0.1) is 0 Å². The molecule has 3 rings (SSSR count). The van der Waals surface area contributed by atoms with Crippen LogP contribution in [0.3, 0.4) is 0 Å². The van der Waals surface area contributed by atoms with Crippen LogP contribution in [0.25, 0.3) is 0 Å². The first-order valence-corrected chi connectivity index (χ1v) is 9.30. The van der Waals surface area contributed by atoms with E-state index in [1.165, 1.54) is 12.1 Å². The molecule has 0 spiro atoms. The fourth-order valence-corrected chi connectivity index (χ4v) is 3.02. The number of benzene rings is 2. The van der Waals surface area contributed by atoms with Crippen LogP contribution in [0.5, 0.6) is 0 Å². The molecule has 154 valence electrons. The van der Waals surface area contributed by atoms with Gasteiger partial charge in [0.2, 0.25) is 5.91 Å². The smallest absolute Gasteiger partial charge is 0.342 e. The highest BCUT2D eigenvalue weighted by molar-refractivity contribution is 5.97. The zero-order valence-corrected chi connectivity index (χ0v) is 16.7. The van der Waals surface area contributed by atoms with E-state index in [0.29, 0.717) is 34.7 Å². The van der Waals surface area contributed by atoms with Crippen molar-refractivity contribution in [2.45, 2.75) is 20.4 Å². The van der Waals surface area contributed by atoms with E-state index < -0.39 is 24.4 Å². The molecule has 1 aromatic heterocycles. The van der Waals surface area contributed by atoms with Crippen LogP contribution in [0.4, 0.5) is 5.69 Å². The lowest BCUT2D eigenvalue weighted by Crippen LogP contribution is -2.21. The maximum atomic E-state index is 12.5. The van der Waals surface area contributed by atoms with Gasteiger partial charge in [-0.05, 0) is 43.7 Å². The number of primary amides is 1. The van der Waals surface area contributed by atoms with Gasteiger partial charge in [0.05, 0.1) is 17.9 Å². The summed E-state index contributed by atoms with van der Waals surface area (Å²) >= 11 is 0. The molecule has 30 heavy (non-hydrogen) atoms. The van der Waals surface area contributed by atoms with Crippen molar-refractivity contribution < 1.29 is 19.1 Å². The Morgan fingerprint density at radius 3 is 2.33 bits per heavy atom. The molecule has 0 atom stereocenters. The van der Waals surface area contributed by atoms with E-state index in [0.717, 1.165) is 5.56 Å². The maximum absolute atomic E-state index is 12.5. The van der Waals surface area contributed by atoms with E-state index >= 15 is 0 Å². The summed E-state index contributed by atoms with van der Waals surface area (Å²) in [5.74, 6) is -1.66. The van der Waals surface area contributed by atoms with Gasteiger partial charge in [-0.3, -0.25) is 14.3 Å². The minimum Gasteiger partial charge on any atom is -0.452 e. The topological polar surface area (TPSA) is 116 Å². The molecule has 8 heteroatoms. The SMILES string of the molecule is Cc1nn(Cc2ccccc2)c(C)c1C(=O)OCC(=O)Nc1ccc(C(N)=O)cc1. The second-order valence-corrected chi connectivity index (χ2v) is 6.75. The monoisotopic (exact) mass is 406 g/mol. The fourth-order valence-electron chi connectivity index (χ4n) is 3.02. The molecule has 0 bridgehead atoms. The number of hydrogen-bond donors (Lipinski definition) is 2. The fraction of sp³-hybridized carbons (Fsp3) is 0.182. The standard InChI is InChI=1S/C22H22N4O4/c1-14-20(15(2)26(25-14)12-16-6-4-3-5-7-16)22(29)30-13-19(27)24-18-10-8-17(9-11-18)21(23)28/h3-11H,12-13H2,1-2H3,(H2,23,28)(H,24,27). The van der Waals surface area contributed by atoms with Crippen LogP contribution in [0, 0.1) is 13.8 Å². The summed E-state index contributed by atoms with van der Waals surface area (Å²) in [5, 5.41) is 7.01. The van der Waals surface area contributed by atoms with Gasteiger partial charge in [0.1, 0.15) is 5.56 Å². The lowest BCUT2D eigenvalue weighted by molar-refractivity contribution is -0.119. The molecule has 0 aliphatic heterocycles. The molecule has 1 heterocycles. The summed E-state index contributed by atoms with van der Waals surface area (Å²) < 4.78 is 6.91. The minimum absolute atomic E-state index is 0.331. The highest BCUT2D eigenvalue weighted by atomic mass is 16.5. The molecule has 0 radical (unpaired) electrons. The van der Waals surface area contributed by atoms with Crippen LogP contribution in [0.2, 0.25) is 0 Å². The summed E-state index contributed by atoms with van der Waals surface area (Å²) in [6.45, 7) is 3.60. The van der Waals surface area contributed by atoms with Gasteiger partial charge >= 0.3 is 5.97 Å². The Kier molecular flexibility index (Phi) is 6.26.